The first kappa shape index (κ1) is 30.2. The molecule has 3 saturated carbocycles. The van der Waals surface area contributed by atoms with E-state index < -0.39 is 12.1 Å². The van der Waals surface area contributed by atoms with Crippen molar-refractivity contribution >= 4 is 17.7 Å². The molecule has 3 fully saturated rings. The van der Waals surface area contributed by atoms with E-state index in [1.54, 1.807) is 24.3 Å². The van der Waals surface area contributed by atoms with Gasteiger partial charge in [0.25, 0.3) is 0 Å². The third kappa shape index (κ3) is 6.25. The Bertz CT molecular complexity index is 1120. The van der Waals surface area contributed by atoms with E-state index in [1.807, 2.05) is 0 Å². The number of nitrogens with one attached hydrogen (secondary N) is 1. The number of aliphatic carboxylic acids is 1. The third-order valence-electron chi connectivity index (χ3n) is 12.1. The number of hydrogen-bond donors (Lipinski definition) is 2. The topological polar surface area (TPSA) is 75.6 Å². The molecule has 1 aromatic carbocycles. The third-order valence-corrected chi connectivity index (χ3v) is 12.1. The Balaban J connectivity index is 1.18. The summed E-state index contributed by atoms with van der Waals surface area (Å²) in [4.78, 5) is 23.6. The van der Waals surface area contributed by atoms with E-state index in [0.717, 1.165) is 54.8 Å². The molecule has 1 amide bonds. The van der Waals surface area contributed by atoms with Crippen LogP contribution in [0.2, 0.25) is 0 Å². The quantitative estimate of drug-likeness (QED) is 0.294. The lowest BCUT2D eigenvalue weighted by atomic mass is 9.47. The van der Waals surface area contributed by atoms with Crippen LogP contribution in [0.15, 0.2) is 35.9 Å². The summed E-state index contributed by atoms with van der Waals surface area (Å²) in [6, 6.07) is 6.93. The summed E-state index contributed by atoms with van der Waals surface area (Å²) in [6.07, 6.45) is 15.8. The maximum Gasteiger partial charge on any atom is 0.411 e. The van der Waals surface area contributed by atoms with E-state index in [9.17, 15) is 9.59 Å². The van der Waals surface area contributed by atoms with Crippen molar-refractivity contribution in [1.82, 2.24) is 0 Å². The van der Waals surface area contributed by atoms with Crippen LogP contribution in [0.3, 0.4) is 0 Å². The number of carboxylic acids is 1. The number of hydrogen-bond acceptors (Lipinski definition) is 3. The predicted octanol–water partition coefficient (Wildman–Crippen LogP) is 9.27. The maximum atomic E-state index is 12.7. The van der Waals surface area contributed by atoms with Gasteiger partial charge in [-0.2, -0.15) is 0 Å². The molecule has 0 aliphatic heterocycles. The van der Waals surface area contributed by atoms with Crippen LogP contribution < -0.4 is 5.32 Å². The molecule has 4 unspecified atom stereocenters. The molecule has 4 aliphatic rings. The van der Waals surface area contributed by atoms with Crippen molar-refractivity contribution < 1.29 is 19.4 Å². The number of benzene rings is 1. The van der Waals surface area contributed by atoms with Crippen LogP contribution in [0, 0.1) is 46.3 Å². The molecule has 4 aliphatic carbocycles. The molecule has 2 N–H and O–H groups in total. The monoisotopic (exact) mass is 563 g/mol. The Hall–Kier alpha value is -2.30. The van der Waals surface area contributed by atoms with Crippen LogP contribution in [0.4, 0.5) is 10.5 Å². The molecule has 5 rings (SSSR count). The van der Waals surface area contributed by atoms with Gasteiger partial charge in [0.05, 0.1) is 6.42 Å². The highest BCUT2D eigenvalue weighted by atomic mass is 16.6. The molecular weight excluding hydrogens is 510 g/mol. The van der Waals surface area contributed by atoms with Gasteiger partial charge in [-0.15, -0.1) is 0 Å². The summed E-state index contributed by atoms with van der Waals surface area (Å²) >= 11 is 0. The summed E-state index contributed by atoms with van der Waals surface area (Å²) < 4.78 is 5.91. The van der Waals surface area contributed by atoms with Gasteiger partial charge in [0.1, 0.15) is 6.10 Å². The van der Waals surface area contributed by atoms with Crippen LogP contribution in [0.25, 0.3) is 0 Å². The summed E-state index contributed by atoms with van der Waals surface area (Å²) in [7, 11) is 0. The highest BCUT2D eigenvalue weighted by molar-refractivity contribution is 5.84. The minimum atomic E-state index is -0.866. The van der Waals surface area contributed by atoms with Crippen molar-refractivity contribution in [2.75, 3.05) is 5.32 Å². The van der Waals surface area contributed by atoms with E-state index in [0.29, 0.717) is 16.7 Å². The lowest BCUT2D eigenvalue weighted by Gasteiger charge is -2.58. The molecule has 5 heteroatoms. The zero-order chi connectivity index (χ0) is 29.4. The van der Waals surface area contributed by atoms with Crippen LogP contribution in [0.1, 0.15) is 111 Å². The Morgan fingerprint density at radius 3 is 2.46 bits per heavy atom. The lowest BCUT2D eigenvalue weighted by molar-refractivity contribution is -0.136. The average Bonchev–Trinajstić information content (AvgIpc) is 3.27. The molecule has 0 saturated heterocycles. The minimum Gasteiger partial charge on any atom is -0.481 e. The average molecular weight is 564 g/mol. The highest BCUT2D eigenvalue weighted by Gasteiger charge is 2.59. The number of amides is 1. The fourth-order valence-electron chi connectivity index (χ4n) is 9.93. The van der Waals surface area contributed by atoms with Crippen LogP contribution in [0.5, 0.6) is 0 Å². The molecule has 226 valence electrons. The minimum absolute atomic E-state index is 0.0271. The van der Waals surface area contributed by atoms with Gasteiger partial charge in [-0.1, -0.05) is 77.7 Å². The fraction of sp³-hybridized carbons (Fsp3) is 0.722. The van der Waals surface area contributed by atoms with E-state index in [-0.39, 0.29) is 17.9 Å². The molecule has 0 spiro atoms. The summed E-state index contributed by atoms with van der Waals surface area (Å²) in [5, 5.41) is 11.8. The van der Waals surface area contributed by atoms with Gasteiger partial charge in [-0.25, -0.2) is 4.79 Å². The second kappa shape index (κ2) is 12.1. The van der Waals surface area contributed by atoms with Gasteiger partial charge in [-0.05, 0) is 109 Å². The van der Waals surface area contributed by atoms with Crippen molar-refractivity contribution in [3.63, 3.8) is 0 Å². The van der Waals surface area contributed by atoms with E-state index >= 15 is 0 Å². The Morgan fingerprint density at radius 2 is 1.76 bits per heavy atom. The number of allylic oxidation sites excluding steroid dienone is 1. The number of carboxylic acid groups (broad SMARTS) is 1. The zero-order valence-electron chi connectivity index (χ0n) is 26.1. The first-order valence-corrected chi connectivity index (χ1v) is 16.5. The zero-order valence-corrected chi connectivity index (χ0v) is 26.1. The Labute approximate surface area is 247 Å². The standard InChI is InChI=1S/C36H53NO4/c1-23(2)7-6-8-24(3)30-15-16-31-29-14-11-26-22-28(17-19-35(26,4)32(29)18-20-36(30,31)5)41-34(40)37-27-12-9-25(10-13-27)21-33(38)39/h9-13,23-24,28-32H,6-8,14-22H2,1-5H3,(H,37,40)(H,38,39)/t24-,28?,29?,30-,31?,32?,35+,36-/m1/s1. The fourth-order valence-corrected chi connectivity index (χ4v) is 9.93. The highest BCUT2D eigenvalue weighted by Crippen LogP contribution is 2.67. The van der Waals surface area contributed by atoms with E-state index in [4.69, 9.17) is 9.84 Å². The van der Waals surface area contributed by atoms with Crippen molar-refractivity contribution in [1.29, 1.82) is 0 Å². The first-order valence-electron chi connectivity index (χ1n) is 16.5. The van der Waals surface area contributed by atoms with Gasteiger partial charge in [0.15, 0.2) is 0 Å². The van der Waals surface area contributed by atoms with Crippen molar-refractivity contribution in [2.45, 2.75) is 118 Å². The number of ether oxygens (including phenoxy) is 1. The SMILES string of the molecule is CC(C)CCC[C@@H](C)[C@H]1CCC2C3CC=C4CC(OC(=O)Nc5ccc(CC(=O)O)cc5)CC[C@]4(C)C3CC[C@@]21C. The number of carbonyl (C=O) groups excluding carboxylic acids is 1. The summed E-state index contributed by atoms with van der Waals surface area (Å²) in [5.41, 5.74) is 3.60. The lowest BCUT2D eigenvalue weighted by Crippen LogP contribution is -2.51. The molecule has 0 bridgehead atoms. The van der Waals surface area contributed by atoms with Crippen molar-refractivity contribution in [3.8, 4) is 0 Å². The number of fused-ring (bicyclic) bond motifs is 5. The number of anilines is 1. The second-order valence-corrected chi connectivity index (χ2v) is 15.0. The molecule has 5 nitrogen and oxygen atoms in total. The number of carbonyl (C=O) groups is 2. The molecule has 0 radical (unpaired) electrons. The Morgan fingerprint density at radius 1 is 1.00 bits per heavy atom. The molecule has 8 atom stereocenters. The van der Waals surface area contributed by atoms with Gasteiger partial charge in [0, 0.05) is 12.1 Å². The summed E-state index contributed by atoms with van der Waals surface area (Å²) in [6.45, 7) is 12.4. The number of rotatable bonds is 9. The molecular formula is C36H53NO4. The summed E-state index contributed by atoms with van der Waals surface area (Å²) in [5.74, 6) is 4.09. The molecule has 1 aromatic rings. The first-order chi connectivity index (χ1) is 19.5. The van der Waals surface area contributed by atoms with Crippen molar-refractivity contribution in [2.24, 2.45) is 46.3 Å². The van der Waals surface area contributed by atoms with Gasteiger partial charge in [0.2, 0.25) is 0 Å². The van der Waals surface area contributed by atoms with Crippen LogP contribution in [-0.2, 0) is 16.0 Å². The predicted molar refractivity (Wildman–Crippen MR) is 165 cm³/mol. The van der Waals surface area contributed by atoms with E-state index in [2.05, 4.69) is 46.0 Å². The normalized spacial score (nSPS) is 35.1. The van der Waals surface area contributed by atoms with Crippen molar-refractivity contribution in [3.05, 3.63) is 41.5 Å². The molecule has 0 aromatic heterocycles. The largest absolute Gasteiger partial charge is 0.481 e. The smallest absolute Gasteiger partial charge is 0.411 e. The van der Waals surface area contributed by atoms with E-state index in [1.165, 1.54) is 56.9 Å². The molecule has 0 heterocycles. The van der Waals surface area contributed by atoms with Crippen LogP contribution in [-0.4, -0.2) is 23.3 Å². The Kier molecular flexibility index (Phi) is 8.93. The van der Waals surface area contributed by atoms with Gasteiger partial charge < -0.3 is 9.84 Å². The second-order valence-electron chi connectivity index (χ2n) is 15.0. The van der Waals surface area contributed by atoms with Gasteiger partial charge >= 0.3 is 12.1 Å². The maximum absolute atomic E-state index is 12.7. The molecule has 41 heavy (non-hydrogen) atoms. The van der Waals surface area contributed by atoms with Crippen LogP contribution >= 0.6 is 0 Å². The van der Waals surface area contributed by atoms with Gasteiger partial charge in [-0.3, -0.25) is 10.1 Å².